The fourth-order valence-electron chi connectivity index (χ4n) is 1.93. The molecule has 0 aliphatic rings. The van der Waals surface area contributed by atoms with Crippen molar-refractivity contribution < 1.29 is 4.39 Å². The lowest BCUT2D eigenvalue weighted by molar-refractivity contribution is 0.618. The van der Waals surface area contributed by atoms with E-state index < -0.39 is 0 Å². The van der Waals surface area contributed by atoms with Gasteiger partial charge in [0.1, 0.15) is 5.82 Å². The van der Waals surface area contributed by atoms with E-state index in [2.05, 4.69) is 19.1 Å². The van der Waals surface area contributed by atoms with Gasteiger partial charge in [0.2, 0.25) is 0 Å². The molecule has 2 aromatic carbocycles. The van der Waals surface area contributed by atoms with Gasteiger partial charge in [-0.25, -0.2) is 4.39 Å². The lowest BCUT2D eigenvalue weighted by atomic mass is 9.97. The number of benzene rings is 2. The van der Waals surface area contributed by atoms with Crippen molar-refractivity contribution in [1.82, 2.24) is 0 Å². The van der Waals surface area contributed by atoms with Crippen LogP contribution in [0.15, 0.2) is 48.5 Å². The molecule has 2 rings (SSSR count). The van der Waals surface area contributed by atoms with Gasteiger partial charge in [-0.1, -0.05) is 36.4 Å². The molecule has 0 heterocycles. The van der Waals surface area contributed by atoms with Crippen molar-refractivity contribution in [2.45, 2.75) is 19.4 Å². The summed E-state index contributed by atoms with van der Waals surface area (Å²) in [5, 5.41) is 0. The van der Waals surface area contributed by atoms with E-state index in [1.807, 2.05) is 18.2 Å². The Bertz CT molecular complexity index is 508. The fraction of sp³-hybridized carbons (Fsp3) is 0.200. The molecular weight excluding hydrogens is 213 g/mol. The maximum atomic E-state index is 13.1. The number of hydrogen-bond acceptors (Lipinski definition) is 1. The molecule has 0 amide bonds. The Morgan fingerprint density at radius 3 is 2.59 bits per heavy atom. The molecule has 0 radical (unpaired) electrons. The van der Waals surface area contributed by atoms with E-state index in [4.69, 9.17) is 5.73 Å². The van der Waals surface area contributed by atoms with Gasteiger partial charge in [-0.3, -0.25) is 0 Å². The second-order valence-electron chi connectivity index (χ2n) is 4.29. The Kier molecular flexibility index (Phi) is 3.55. The molecule has 1 nitrogen and oxygen atoms in total. The monoisotopic (exact) mass is 229 g/mol. The van der Waals surface area contributed by atoms with E-state index in [-0.39, 0.29) is 11.9 Å². The molecule has 2 aromatic rings. The standard InChI is InChI=1S/C15H16FN/c1-11-5-2-3-6-12(11)10-15(17)13-7-4-8-14(16)9-13/h2-9,15H,10,17H2,1H3. The molecule has 88 valence electrons. The first-order valence-electron chi connectivity index (χ1n) is 5.72. The van der Waals surface area contributed by atoms with Crippen LogP contribution in [0, 0.1) is 12.7 Å². The first-order chi connectivity index (χ1) is 8.16. The third kappa shape index (κ3) is 2.92. The number of nitrogens with two attached hydrogens (primary N) is 1. The lowest BCUT2D eigenvalue weighted by Crippen LogP contribution is -2.14. The maximum Gasteiger partial charge on any atom is 0.123 e. The molecule has 0 spiro atoms. The molecule has 0 saturated carbocycles. The van der Waals surface area contributed by atoms with E-state index >= 15 is 0 Å². The van der Waals surface area contributed by atoms with E-state index in [9.17, 15) is 4.39 Å². The average molecular weight is 229 g/mol. The van der Waals surface area contributed by atoms with Gasteiger partial charge < -0.3 is 5.73 Å². The Hall–Kier alpha value is -1.67. The minimum absolute atomic E-state index is 0.160. The van der Waals surface area contributed by atoms with Gasteiger partial charge in [0.15, 0.2) is 0 Å². The number of rotatable bonds is 3. The molecule has 2 heteroatoms. The van der Waals surface area contributed by atoms with Crippen molar-refractivity contribution >= 4 is 0 Å². The van der Waals surface area contributed by atoms with Crippen molar-refractivity contribution in [3.8, 4) is 0 Å². The maximum absolute atomic E-state index is 13.1. The second-order valence-corrected chi connectivity index (χ2v) is 4.29. The summed E-state index contributed by atoms with van der Waals surface area (Å²) >= 11 is 0. The van der Waals surface area contributed by atoms with Crippen LogP contribution in [0.1, 0.15) is 22.7 Å². The largest absolute Gasteiger partial charge is 0.324 e. The minimum Gasteiger partial charge on any atom is -0.324 e. The topological polar surface area (TPSA) is 26.0 Å². The molecule has 1 unspecified atom stereocenters. The summed E-state index contributed by atoms with van der Waals surface area (Å²) in [5.41, 5.74) is 9.37. The zero-order valence-electron chi connectivity index (χ0n) is 9.86. The first-order valence-corrected chi connectivity index (χ1v) is 5.72. The van der Waals surface area contributed by atoms with Gasteiger partial charge in [-0.2, -0.15) is 0 Å². The summed E-state index contributed by atoms with van der Waals surface area (Å²) in [5.74, 6) is -0.234. The van der Waals surface area contributed by atoms with Gasteiger partial charge in [0.05, 0.1) is 0 Å². The van der Waals surface area contributed by atoms with Crippen LogP contribution in [0.5, 0.6) is 0 Å². The fourth-order valence-corrected chi connectivity index (χ4v) is 1.93. The third-order valence-electron chi connectivity index (χ3n) is 2.98. The van der Waals surface area contributed by atoms with Crippen LogP contribution in [0.25, 0.3) is 0 Å². The van der Waals surface area contributed by atoms with Gasteiger partial charge in [-0.15, -0.1) is 0 Å². The van der Waals surface area contributed by atoms with Gasteiger partial charge in [0, 0.05) is 6.04 Å². The number of aryl methyl sites for hydroxylation is 1. The number of halogens is 1. The predicted octanol–water partition coefficient (Wildman–Crippen LogP) is 3.38. The van der Waals surface area contributed by atoms with Crippen molar-refractivity contribution in [2.24, 2.45) is 5.73 Å². The van der Waals surface area contributed by atoms with E-state index in [0.717, 1.165) is 12.0 Å². The molecule has 0 aliphatic heterocycles. The van der Waals surface area contributed by atoms with Crippen LogP contribution in [-0.4, -0.2) is 0 Å². The molecule has 0 saturated heterocycles. The molecule has 0 aliphatic carbocycles. The Labute approximate surface area is 101 Å². The highest BCUT2D eigenvalue weighted by molar-refractivity contribution is 5.29. The van der Waals surface area contributed by atoms with Crippen LogP contribution >= 0.6 is 0 Å². The molecule has 17 heavy (non-hydrogen) atoms. The van der Waals surface area contributed by atoms with Crippen LogP contribution in [0.3, 0.4) is 0 Å². The summed E-state index contributed by atoms with van der Waals surface area (Å²) in [6.45, 7) is 2.06. The van der Waals surface area contributed by atoms with E-state index in [1.54, 1.807) is 6.07 Å². The van der Waals surface area contributed by atoms with Crippen LogP contribution < -0.4 is 5.73 Å². The molecular formula is C15H16FN. The quantitative estimate of drug-likeness (QED) is 0.858. The van der Waals surface area contributed by atoms with Crippen LogP contribution in [-0.2, 0) is 6.42 Å². The average Bonchev–Trinajstić information content (AvgIpc) is 2.32. The number of hydrogen-bond donors (Lipinski definition) is 1. The highest BCUT2D eigenvalue weighted by Gasteiger charge is 2.09. The Balaban J connectivity index is 2.17. The van der Waals surface area contributed by atoms with Crippen molar-refractivity contribution in [3.05, 3.63) is 71.0 Å². The summed E-state index contributed by atoms with van der Waals surface area (Å²) in [4.78, 5) is 0. The van der Waals surface area contributed by atoms with Gasteiger partial charge >= 0.3 is 0 Å². The molecule has 0 aromatic heterocycles. The van der Waals surface area contributed by atoms with Gasteiger partial charge in [0.25, 0.3) is 0 Å². The second kappa shape index (κ2) is 5.11. The molecule has 2 N–H and O–H groups in total. The van der Waals surface area contributed by atoms with Crippen molar-refractivity contribution in [3.63, 3.8) is 0 Å². The smallest absolute Gasteiger partial charge is 0.123 e. The zero-order valence-corrected chi connectivity index (χ0v) is 9.86. The first kappa shape index (κ1) is 11.8. The third-order valence-corrected chi connectivity index (χ3v) is 2.98. The zero-order chi connectivity index (χ0) is 12.3. The molecule has 0 bridgehead atoms. The Morgan fingerprint density at radius 1 is 1.12 bits per heavy atom. The lowest BCUT2D eigenvalue weighted by Gasteiger charge is -2.13. The highest BCUT2D eigenvalue weighted by atomic mass is 19.1. The Morgan fingerprint density at radius 2 is 1.88 bits per heavy atom. The van der Waals surface area contributed by atoms with Crippen LogP contribution in [0.2, 0.25) is 0 Å². The van der Waals surface area contributed by atoms with Crippen molar-refractivity contribution in [1.29, 1.82) is 0 Å². The summed E-state index contributed by atoms with van der Waals surface area (Å²) in [7, 11) is 0. The summed E-state index contributed by atoms with van der Waals surface area (Å²) in [6, 6.07) is 14.5. The van der Waals surface area contributed by atoms with Crippen LogP contribution in [0.4, 0.5) is 4.39 Å². The van der Waals surface area contributed by atoms with Gasteiger partial charge in [-0.05, 0) is 42.2 Å². The molecule has 1 atom stereocenters. The van der Waals surface area contributed by atoms with Crippen molar-refractivity contribution in [2.75, 3.05) is 0 Å². The molecule has 0 fully saturated rings. The van der Waals surface area contributed by atoms with E-state index in [0.29, 0.717) is 0 Å². The minimum atomic E-state index is -0.234. The predicted molar refractivity (Wildman–Crippen MR) is 68.2 cm³/mol. The van der Waals surface area contributed by atoms with E-state index in [1.165, 1.54) is 23.3 Å². The summed E-state index contributed by atoms with van der Waals surface area (Å²) < 4.78 is 13.1. The SMILES string of the molecule is Cc1ccccc1CC(N)c1cccc(F)c1. The summed E-state index contributed by atoms with van der Waals surface area (Å²) in [6.07, 6.45) is 0.732. The highest BCUT2D eigenvalue weighted by Crippen LogP contribution is 2.18. The normalized spacial score (nSPS) is 12.4.